The minimum absolute atomic E-state index is 0.0227. The van der Waals surface area contributed by atoms with Crippen LogP contribution in [0.3, 0.4) is 0 Å². The summed E-state index contributed by atoms with van der Waals surface area (Å²) in [5.41, 5.74) is 0. The van der Waals surface area contributed by atoms with Crippen LogP contribution < -0.4 is 10.2 Å². The molecule has 2 N–H and O–H groups in total. The summed E-state index contributed by atoms with van der Waals surface area (Å²) in [7, 11) is 1.70. The maximum absolute atomic E-state index is 12.0. The van der Waals surface area contributed by atoms with Crippen molar-refractivity contribution in [3.8, 4) is 0 Å². The molecule has 1 amide bonds. The van der Waals surface area contributed by atoms with E-state index in [2.05, 4.69) is 10.3 Å². The molecule has 21 heavy (non-hydrogen) atoms. The largest absolute Gasteiger partial charge is 0.480 e. The molecule has 1 rings (SSSR count). The average molecular weight is 314 g/mol. The predicted molar refractivity (Wildman–Crippen MR) is 81.5 cm³/mol. The van der Waals surface area contributed by atoms with Crippen LogP contribution in [0.1, 0.15) is 20.3 Å². The number of nitrogens with one attached hydrogen (secondary N) is 1. The number of carbonyl (C=O) groups excluding carboxylic acids is 1. The Bertz CT molecular complexity index is 493. The van der Waals surface area contributed by atoms with Gasteiger partial charge in [0.1, 0.15) is 11.9 Å². The van der Waals surface area contributed by atoms with E-state index < -0.39 is 12.0 Å². The van der Waals surface area contributed by atoms with Crippen molar-refractivity contribution in [2.75, 3.05) is 18.5 Å². The molecule has 0 bridgehead atoms. The van der Waals surface area contributed by atoms with Crippen molar-refractivity contribution in [1.82, 2.24) is 10.3 Å². The molecule has 1 aromatic rings. The fraction of sp³-hybridized carbons (Fsp3) is 0.500. The van der Waals surface area contributed by atoms with Crippen LogP contribution in [0, 0.1) is 5.92 Å². The first-order valence-electron chi connectivity index (χ1n) is 6.70. The number of likely N-dealkylation sites (N-methyl/N-ethyl adjacent to an activating group) is 1. The van der Waals surface area contributed by atoms with Gasteiger partial charge in [0.05, 0.1) is 11.6 Å². The fourth-order valence-electron chi connectivity index (χ4n) is 1.79. The highest BCUT2D eigenvalue weighted by molar-refractivity contribution is 6.30. The Morgan fingerprint density at radius 3 is 2.62 bits per heavy atom. The number of rotatable bonds is 7. The zero-order valence-corrected chi connectivity index (χ0v) is 13.1. The summed E-state index contributed by atoms with van der Waals surface area (Å²) in [6, 6.07) is 2.49. The second kappa shape index (κ2) is 7.83. The van der Waals surface area contributed by atoms with Gasteiger partial charge in [-0.1, -0.05) is 31.9 Å². The summed E-state index contributed by atoms with van der Waals surface area (Å²) in [6.07, 6.45) is 2.16. The van der Waals surface area contributed by atoms with E-state index in [0.717, 1.165) is 0 Å². The monoisotopic (exact) mass is 313 g/mol. The van der Waals surface area contributed by atoms with Gasteiger partial charge in [-0.2, -0.15) is 0 Å². The number of halogens is 1. The molecule has 6 nitrogen and oxygen atoms in total. The molecule has 0 radical (unpaired) electrons. The number of aliphatic carboxylic acids is 1. The molecule has 1 heterocycles. The minimum atomic E-state index is -1.02. The van der Waals surface area contributed by atoms with Gasteiger partial charge in [-0.25, -0.2) is 9.78 Å². The van der Waals surface area contributed by atoms with Crippen molar-refractivity contribution < 1.29 is 14.7 Å². The molecule has 0 saturated carbocycles. The molecule has 0 aromatic carbocycles. The topological polar surface area (TPSA) is 82.5 Å². The lowest BCUT2D eigenvalue weighted by Gasteiger charge is -2.23. The number of aromatic nitrogens is 1. The molecule has 116 valence electrons. The molecule has 0 saturated heterocycles. The smallest absolute Gasteiger partial charge is 0.326 e. The molecule has 2 atom stereocenters. The van der Waals surface area contributed by atoms with Crippen LogP contribution in [0.5, 0.6) is 0 Å². The molecule has 1 unspecified atom stereocenters. The Kier molecular flexibility index (Phi) is 6.42. The first-order valence-corrected chi connectivity index (χ1v) is 7.07. The maximum atomic E-state index is 12.0. The second-order valence-corrected chi connectivity index (χ2v) is 5.40. The van der Waals surface area contributed by atoms with Crippen LogP contribution in [-0.2, 0) is 9.59 Å². The standard InChI is InChI=1S/C14H20ClN3O3/c1-4-9(2)13(14(20)21)17-12(19)8-18(3)11-6-5-10(15)7-16-11/h5-7,9,13H,4,8H2,1-3H3,(H,17,19)(H,20,21)/t9?,13-/m0/s1. The number of hydrogen-bond donors (Lipinski definition) is 2. The van der Waals surface area contributed by atoms with Crippen molar-refractivity contribution >= 4 is 29.3 Å². The van der Waals surface area contributed by atoms with E-state index in [9.17, 15) is 9.59 Å². The fourth-order valence-corrected chi connectivity index (χ4v) is 1.90. The van der Waals surface area contributed by atoms with Gasteiger partial charge < -0.3 is 15.3 Å². The first kappa shape index (κ1) is 17.2. The summed E-state index contributed by atoms with van der Waals surface area (Å²) in [4.78, 5) is 28.9. The molecule has 0 aliphatic carbocycles. The zero-order valence-electron chi connectivity index (χ0n) is 12.3. The Labute approximate surface area is 129 Å². The van der Waals surface area contributed by atoms with Gasteiger partial charge in [0.25, 0.3) is 0 Å². The van der Waals surface area contributed by atoms with Crippen molar-refractivity contribution in [2.45, 2.75) is 26.3 Å². The summed E-state index contributed by atoms with van der Waals surface area (Å²) in [6.45, 7) is 3.70. The number of carboxylic acid groups (broad SMARTS) is 1. The zero-order chi connectivity index (χ0) is 16.0. The van der Waals surface area contributed by atoms with Gasteiger partial charge in [0.2, 0.25) is 5.91 Å². The number of nitrogens with zero attached hydrogens (tertiary/aromatic N) is 2. The Morgan fingerprint density at radius 1 is 1.48 bits per heavy atom. The van der Waals surface area contributed by atoms with Crippen LogP contribution >= 0.6 is 11.6 Å². The molecule has 0 aliphatic heterocycles. The quantitative estimate of drug-likeness (QED) is 0.802. The third-order valence-electron chi connectivity index (χ3n) is 3.28. The third kappa shape index (κ3) is 5.23. The lowest BCUT2D eigenvalue weighted by atomic mass is 9.99. The van der Waals surface area contributed by atoms with Gasteiger partial charge in [-0.15, -0.1) is 0 Å². The summed E-state index contributed by atoms with van der Waals surface area (Å²) in [5.74, 6) is -0.928. The first-order chi connectivity index (χ1) is 9.85. The van der Waals surface area contributed by atoms with Crippen LogP contribution in [-0.4, -0.2) is 41.6 Å². The van der Waals surface area contributed by atoms with Crippen molar-refractivity contribution in [3.05, 3.63) is 23.4 Å². The second-order valence-electron chi connectivity index (χ2n) is 4.96. The molecule has 7 heteroatoms. The van der Waals surface area contributed by atoms with Crippen molar-refractivity contribution in [1.29, 1.82) is 0 Å². The highest BCUT2D eigenvalue weighted by Crippen LogP contribution is 2.13. The Hall–Kier alpha value is -1.82. The van der Waals surface area contributed by atoms with Crippen LogP contribution in [0.2, 0.25) is 5.02 Å². The highest BCUT2D eigenvalue weighted by atomic mass is 35.5. The van der Waals surface area contributed by atoms with E-state index in [-0.39, 0.29) is 18.4 Å². The lowest BCUT2D eigenvalue weighted by Crippen LogP contribution is -2.48. The number of carbonyl (C=O) groups is 2. The molecule has 1 aromatic heterocycles. The number of amides is 1. The molecular formula is C14H20ClN3O3. The Morgan fingerprint density at radius 2 is 2.14 bits per heavy atom. The van der Waals surface area contributed by atoms with E-state index in [4.69, 9.17) is 16.7 Å². The number of hydrogen-bond acceptors (Lipinski definition) is 4. The SMILES string of the molecule is CCC(C)[C@H](NC(=O)CN(C)c1ccc(Cl)cn1)C(=O)O. The summed E-state index contributed by atoms with van der Waals surface area (Å²) < 4.78 is 0. The molecular weight excluding hydrogens is 294 g/mol. The number of anilines is 1. The van der Waals surface area contributed by atoms with Gasteiger partial charge in [0, 0.05) is 13.2 Å². The average Bonchev–Trinajstić information content (AvgIpc) is 2.44. The molecule has 0 aliphatic rings. The maximum Gasteiger partial charge on any atom is 0.326 e. The van der Waals surface area contributed by atoms with Gasteiger partial charge in [-0.05, 0) is 18.1 Å². The third-order valence-corrected chi connectivity index (χ3v) is 3.50. The minimum Gasteiger partial charge on any atom is -0.480 e. The lowest BCUT2D eigenvalue weighted by molar-refractivity contribution is -0.143. The van der Waals surface area contributed by atoms with E-state index in [1.807, 2.05) is 6.92 Å². The molecule has 0 spiro atoms. The van der Waals surface area contributed by atoms with Gasteiger partial charge in [-0.3, -0.25) is 4.79 Å². The molecule has 0 fully saturated rings. The summed E-state index contributed by atoms with van der Waals surface area (Å²) in [5, 5.41) is 12.2. The highest BCUT2D eigenvalue weighted by Gasteiger charge is 2.25. The predicted octanol–water partition coefficient (Wildman–Crippen LogP) is 1.79. The van der Waals surface area contributed by atoms with Crippen molar-refractivity contribution in [3.63, 3.8) is 0 Å². The van der Waals surface area contributed by atoms with E-state index in [0.29, 0.717) is 17.3 Å². The normalized spacial score (nSPS) is 13.3. The van der Waals surface area contributed by atoms with Crippen molar-refractivity contribution in [2.24, 2.45) is 5.92 Å². The van der Waals surface area contributed by atoms with Gasteiger partial charge in [0.15, 0.2) is 0 Å². The number of carboxylic acids is 1. The van der Waals surface area contributed by atoms with Gasteiger partial charge >= 0.3 is 5.97 Å². The number of pyridine rings is 1. The van der Waals surface area contributed by atoms with Crippen LogP contribution in [0.15, 0.2) is 18.3 Å². The van der Waals surface area contributed by atoms with Crippen LogP contribution in [0.4, 0.5) is 5.82 Å². The van der Waals surface area contributed by atoms with E-state index >= 15 is 0 Å². The van der Waals surface area contributed by atoms with Crippen LogP contribution in [0.25, 0.3) is 0 Å². The summed E-state index contributed by atoms with van der Waals surface area (Å²) >= 11 is 5.75. The van der Waals surface area contributed by atoms with E-state index in [1.165, 1.54) is 6.20 Å². The van der Waals surface area contributed by atoms with E-state index in [1.54, 1.807) is 31.0 Å². The Balaban J connectivity index is 2.63.